The number of rotatable bonds is 4. The van der Waals surface area contributed by atoms with E-state index in [2.05, 4.69) is 4.98 Å². The molecule has 0 aliphatic carbocycles. The maximum Gasteiger partial charge on any atom is 0.228 e. The Hall–Kier alpha value is -1.40. The van der Waals surface area contributed by atoms with Crippen molar-refractivity contribution >= 4 is 22.2 Å². The van der Waals surface area contributed by atoms with E-state index < -0.39 is 0 Å². The minimum Gasteiger partial charge on any atom is -0.394 e. The zero-order valence-corrected chi connectivity index (χ0v) is 11.6. The summed E-state index contributed by atoms with van der Waals surface area (Å²) in [5.41, 5.74) is 1.89. The number of thiazole rings is 1. The highest BCUT2D eigenvalue weighted by Crippen LogP contribution is 2.17. The van der Waals surface area contributed by atoms with Crippen molar-refractivity contribution in [3.05, 3.63) is 23.0 Å². The van der Waals surface area contributed by atoms with Crippen molar-refractivity contribution in [2.75, 3.05) is 13.7 Å². The van der Waals surface area contributed by atoms with Gasteiger partial charge in [0.05, 0.1) is 24.8 Å². The van der Waals surface area contributed by atoms with Gasteiger partial charge >= 0.3 is 0 Å². The third kappa shape index (κ3) is 2.39. The predicted molar refractivity (Wildman–Crippen MR) is 70.8 cm³/mol. The van der Waals surface area contributed by atoms with Gasteiger partial charge in [-0.25, -0.2) is 4.98 Å². The number of carbonyl (C=O) groups excluding carboxylic acids is 1. The third-order valence-electron chi connectivity index (χ3n) is 3.05. The monoisotopic (exact) mass is 267 g/mol. The lowest BCUT2D eigenvalue weighted by Gasteiger charge is -2.22. The van der Waals surface area contributed by atoms with Crippen LogP contribution in [0.1, 0.15) is 18.3 Å². The molecule has 0 aromatic carbocycles. The van der Waals surface area contributed by atoms with Gasteiger partial charge in [0, 0.05) is 24.3 Å². The van der Waals surface area contributed by atoms with Crippen LogP contribution in [0.15, 0.2) is 11.6 Å². The highest BCUT2D eigenvalue weighted by molar-refractivity contribution is 7.15. The summed E-state index contributed by atoms with van der Waals surface area (Å²) >= 11 is 1.53. The first-order chi connectivity index (χ1) is 8.52. The summed E-state index contributed by atoms with van der Waals surface area (Å²) in [5.74, 6) is 0.00241. The zero-order chi connectivity index (χ0) is 13.3. The zero-order valence-electron chi connectivity index (χ0n) is 10.8. The topological polar surface area (TPSA) is 57.8 Å². The first kappa shape index (κ1) is 13.0. The Kier molecular flexibility index (Phi) is 3.68. The van der Waals surface area contributed by atoms with Crippen LogP contribution in [0.3, 0.4) is 0 Å². The molecular formula is C12H17N3O2S. The van der Waals surface area contributed by atoms with E-state index in [1.54, 1.807) is 11.9 Å². The van der Waals surface area contributed by atoms with E-state index in [0.29, 0.717) is 6.42 Å². The second-order valence-electron chi connectivity index (χ2n) is 4.47. The Labute approximate surface area is 110 Å². The van der Waals surface area contributed by atoms with Gasteiger partial charge in [0.2, 0.25) is 5.91 Å². The first-order valence-corrected chi connectivity index (χ1v) is 6.69. The van der Waals surface area contributed by atoms with Gasteiger partial charge in [0.1, 0.15) is 0 Å². The molecule has 6 heteroatoms. The van der Waals surface area contributed by atoms with Crippen LogP contribution in [0.5, 0.6) is 0 Å². The van der Waals surface area contributed by atoms with Crippen LogP contribution in [0.25, 0.3) is 4.96 Å². The van der Waals surface area contributed by atoms with Gasteiger partial charge in [0.15, 0.2) is 4.96 Å². The van der Waals surface area contributed by atoms with E-state index in [1.807, 2.05) is 29.8 Å². The van der Waals surface area contributed by atoms with Crippen LogP contribution in [-0.2, 0) is 11.2 Å². The molecule has 0 aliphatic heterocycles. The van der Waals surface area contributed by atoms with Crippen LogP contribution in [0, 0.1) is 6.92 Å². The second kappa shape index (κ2) is 5.07. The van der Waals surface area contributed by atoms with Gasteiger partial charge in [-0.3, -0.25) is 9.20 Å². The standard InChI is InChI=1S/C12H17N3O2S/c1-8-5-15-10(7-18-12(15)13-8)4-11(17)14(3)9(2)6-16/h5,7,9,16H,4,6H2,1-3H3. The summed E-state index contributed by atoms with van der Waals surface area (Å²) in [6.07, 6.45) is 2.26. The minimum atomic E-state index is -0.156. The molecule has 18 heavy (non-hydrogen) atoms. The van der Waals surface area contributed by atoms with E-state index in [-0.39, 0.29) is 18.6 Å². The van der Waals surface area contributed by atoms with E-state index in [4.69, 9.17) is 5.11 Å². The summed E-state index contributed by atoms with van der Waals surface area (Å²) in [6.45, 7) is 3.74. The van der Waals surface area contributed by atoms with Crippen LogP contribution < -0.4 is 0 Å². The van der Waals surface area contributed by atoms with Crippen molar-refractivity contribution < 1.29 is 9.90 Å². The summed E-state index contributed by atoms with van der Waals surface area (Å²) < 4.78 is 1.95. The van der Waals surface area contributed by atoms with Crippen LogP contribution in [0.2, 0.25) is 0 Å². The van der Waals surface area contributed by atoms with Crippen molar-refractivity contribution in [1.82, 2.24) is 14.3 Å². The van der Waals surface area contributed by atoms with E-state index in [9.17, 15) is 4.79 Å². The average Bonchev–Trinajstić information content (AvgIpc) is 2.88. The molecule has 0 saturated carbocycles. The summed E-state index contributed by atoms with van der Waals surface area (Å²) in [4.78, 5) is 18.9. The molecular weight excluding hydrogens is 250 g/mol. The third-order valence-corrected chi connectivity index (χ3v) is 3.94. The van der Waals surface area contributed by atoms with Gasteiger partial charge in [-0.1, -0.05) is 0 Å². The maximum atomic E-state index is 12.0. The Balaban J connectivity index is 2.16. The molecule has 0 radical (unpaired) electrons. The number of hydrogen-bond acceptors (Lipinski definition) is 4. The van der Waals surface area contributed by atoms with Crippen molar-refractivity contribution in [3.63, 3.8) is 0 Å². The number of aromatic nitrogens is 2. The van der Waals surface area contributed by atoms with E-state index in [1.165, 1.54) is 11.3 Å². The highest BCUT2D eigenvalue weighted by Gasteiger charge is 2.17. The molecule has 2 rings (SSSR count). The van der Waals surface area contributed by atoms with Crippen molar-refractivity contribution in [1.29, 1.82) is 0 Å². The number of aryl methyl sites for hydroxylation is 1. The minimum absolute atomic E-state index is 0.00241. The first-order valence-electron chi connectivity index (χ1n) is 5.81. The van der Waals surface area contributed by atoms with Gasteiger partial charge in [-0.05, 0) is 13.8 Å². The molecule has 2 heterocycles. The highest BCUT2D eigenvalue weighted by atomic mass is 32.1. The number of nitrogens with zero attached hydrogens (tertiary/aromatic N) is 3. The van der Waals surface area contributed by atoms with Crippen LogP contribution >= 0.6 is 11.3 Å². The number of fused-ring (bicyclic) bond motifs is 1. The van der Waals surface area contributed by atoms with Gasteiger partial charge in [-0.15, -0.1) is 11.3 Å². The molecule has 5 nitrogen and oxygen atoms in total. The number of amides is 1. The fourth-order valence-corrected chi connectivity index (χ4v) is 2.64. The lowest BCUT2D eigenvalue weighted by atomic mass is 10.2. The molecule has 98 valence electrons. The van der Waals surface area contributed by atoms with E-state index >= 15 is 0 Å². The number of aliphatic hydroxyl groups excluding tert-OH is 1. The molecule has 0 aliphatic rings. The molecule has 1 amide bonds. The fourth-order valence-electron chi connectivity index (χ4n) is 1.72. The molecule has 1 N–H and O–H groups in total. The second-order valence-corrected chi connectivity index (χ2v) is 5.31. The molecule has 1 atom stereocenters. The molecule has 1 unspecified atom stereocenters. The molecule has 0 fully saturated rings. The number of carbonyl (C=O) groups is 1. The summed E-state index contributed by atoms with van der Waals surface area (Å²) in [5, 5.41) is 11.0. The Bertz CT molecular complexity index is 561. The lowest BCUT2D eigenvalue weighted by Crippen LogP contribution is -2.38. The molecule has 2 aromatic rings. The van der Waals surface area contributed by atoms with Gasteiger partial charge in [0.25, 0.3) is 0 Å². The van der Waals surface area contributed by atoms with Crippen molar-refractivity contribution in [2.45, 2.75) is 26.3 Å². The Morgan fingerprint density at radius 3 is 3.06 bits per heavy atom. The average molecular weight is 267 g/mol. The summed E-state index contributed by atoms with van der Waals surface area (Å²) in [6, 6.07) is -0.156. The van der Waals surface area contributed by atoms with Crippen LogP contribution in [0.4, 0.5) is 0 Å². The van der Waals surface area contributed by atoms with Crippen molar-refractivity contribution in [2.24, 2.45) is 0 Å². The number of hydrogen-bond donors (Lipinski definition) is 1. The molecule has 0 bridgehead atoms. The Morgan fingerprint density at radius 1 is 1.67 bits per heavy atom. The normalized spacial score (nSPS) is 12.9. The van der Waals surface area contributed by atoms with Crippen molar-refractivity contribution in [3.8, 4) is 0 Å². The van der Waals surface area contributed by atoms with Gasteiger partial charge < -0.3 is 10.0 Å². The summed E-state index contributed by atoms with van der Waals surface area (Å²) in [7, 11) is 1.71. The molecule has 0 spiro atoms. The number of imidazole rings is 1. The van der Waals surface area contributed by atoms with Crippen LogP contribution in [-0.4, -0.2) is 45.0 Å². The van der Waals surface area contributed by atoms with E-state index in [0.717, 1.165) is 16.3 Å². The van der Waals surface area contributed by atoms with Gasteiger partial charge in [-0.2, -0.15) is 0 Å². The lowest BCUT2D eigenvalue weighted by molar-refractivity contribution is -0.131. The SMILES string of the molecule is Cc1cn2c(CC(=O)N(C)C(C)CO)csc2n1. The fraction of sp³-hybridized carbons (Fsp3) is 0.500. The predicted octanol–water partition coefficient (Wildman–Crippen LogP) is 1.09. The Morgan fingerprint density at radius 2 is 2.39 bits per heavy atom. The largest absolute Gasteiger partial charge is 0.394 e. The quantitative estimate of drug-likeness (QED) is 0.902. The number of aliphatic hydroxyl groups is 1. The number of likely N-dealkylation sites (N-methyl/N-ethyl adjacent to an activating group) is 1. The smallest absolute Gasteiger partial charge is 0.228 e. The molecule has 2 aromatic heterocycles. The maximum absolute atomic E-state index is 12.0. The molecule has 0 saturated heterocycles.